The second-order valence-electron chi connectivity index (χ2n) is 4.41. The van der Waals surface area contributed by atoms with Gasteiger partial charge < -0.3 is 9.94 Å². The molecule has 0 aromatic heterocycles. The minimum absolute atomic E-state index is 0.00983. The number of rotatable bonds is 2. The molecule has 2 heterocycles. The minimum atomic E-state index is -0.133. The molecule has 4 nitrogen and oxygen atoms in total. The van der Waals surface area contributed by atoms with Gasteiger partial charge in [-0.3, -0.25) is 4.79 Å². The van der Waals surface area contributed by atoms with E-state index in [1.165, 1.54) is 5.06 Å². The van der Waals surface area contributed by atoms with Crippen molar-refractivity contribution in [2.75, 3.05) is 0 Å². The van der Waals surface area contributed by atoms with E-state index >= 15 is 0 Å². The van der Waals surface area contributed by atoms with E-state index in [0.717, 1.165) is 25.7 Å². The van der Waals surface area contributed by atoms with Gasteiger partial charge in [0.15, 0.2) is 0 Å². The van der Waals surface area contributed by atoms with Crippen LogP contribution in [0.1, 0.15) is 32.6 Å². The zero-order valence-electron chi connectivity index (χ0n) is 8.73. The first-order valence-electron chi connectivity index (χ1n) is 5.39. The van der Waals surface area contributed by atoms with Gasteiger partial charge in [0.25, 0.3) is 0 Å². The van der Waals surface area contributed by atoms with E-state index < -0.39 is 0 Å². The third-order valence-corrected chi connectivity index (χ3v) is 3.77. The van der Waals surface area contributed by atoms with Gasteiger partial charge in [-0.2, -0.15) is 5.06 Å². The lowest BCUT2D eigenvalue weighted by Gasteiger charge is -2.34. The van der Waals surface area contributed by atoms with Crippen LogP contribution in [0.25, 0.3) is 0 Å². The first-order chi connectivity index (χ1) is 7.08. The van der Waals surface area contributed by atoms with Crippen molar-refractivity contribution in [3.05, 3.63) is 0 Å². The molecule has 2 bridgehead atoms. The van der Waals surface area contributed by atoms with Crippen LogP contribution >= 0.6 is 22.6 Å². The lowest BCUT2D eigenvalue weighted by molar-refractivity contribution is -0.181. The summed E-state index contributed by atoms with van der Waals surface area (Å²) in [5, 5.41) is 11.1. The van der Waals surface area contributed by atoms with Crippen molar-refractivity contribution in [3.8, 4) is 0 Å². The third kappa shape index (κ3) is 2.45. The standard InChI is InChI=1S/C10H16INO3/c1-6(11)10(13)15-9-4-7-2-3-8(5-9)12(7)14/h6-9,14H,2-5H2,1H3. The van der Waals surface area contributed by atoms with Gasteiger partial charge in [0, 0.05) is 24.9 Å². The molecular weight excluding hydrogens is 309 g/mol. The van der Waals surface area contributed by atoms with Crippen molar-refractivity contribution in [3.63, 3.8) is 0 Å². The van der Waals surface area contributed by atoms with E-state index in [0.29, 0.717) is 0 Å². The van der Waals surface area contributed by atoms with Crippen LogP contribution in [-0.2, 0) is 9.53 Å². The fourth-order valence-electron chi connectivity index (χ4n) is 2.46. The maximum atomic E-state index is 11.4. The number of halogens is 1. The molecule has 0 radical (unpaired) electrons. The second kappa shape index (κ2) is 4.55. The molecular formula is C10H16INO3. The monoisotopic (exact) mass is 325 g/mol. The lowest BCUT2D eigenvalue weighted by atomic mass is 10.0. The number of carbonyl (C=O) groups is 1. The molecule has 15 heavy (non-hydrogen) atoms. The van der Waals surface area contributed by atoms with Gasteiger partial charge in [-0.25, -0.2) is 0 Å². The Labute approximate surface area is 103 Å². The van der Waals surface area contributed by atoms with Gasteiger partial charge in [0.05, 0.1) is 0 Å². The molecule has 1 N–H and O–H groups in total. The van der Waals surface area contributed by atoms with Crippen LogP contribution in [0.5, 0.6) is 0 Å². The number of nitrogens with zero attached hydrogens (tertiary/aromatic N) is 1. The minimum Gasteiger partial charge on any atom is -0.461 e. The van der Waals surface area contributed by atoms with Crippen molar-refractivity contribution in [2.24, 2.45) is 0 Å². The van der Waals surface area contributed by atoms with Crippen LogP contribution in [0.3, 0.4) is 0 Å². The van der Waals surface area contributed by atoms with Gasteiger partial charge in [-0.05, 0) is 19.8 Å². The summed E-state index contributed by atoms with van der Waals surface area (Å²) < 4.78 is 5.31. The summed E-state index contributed by atoms with van der Waals surface area (Å²) in [5.74, 6) is -0.133. The summed E-state index contributed by atoms with van der Waals surface area (Å²) in [6.45, 7) is 1.83. The Balaban J connectivity index is 1.89. The smallest absolute Gasteiger partial charge is 0.318 e. The quantitative estimate of drug-likeness (QED) is 0.477. The van der Waals surface area contributed by atoms with Gasteiger partial charge in [-0.15, -0.1) is 0 Å². The molecule has 0 saturated carbocycles. The number of hydrogen-bond acceptors (Lipinski definition) is 4. The van der Waals surface area contributed by atoms with Gasteiger partial charge in [0.1, 0.15) is 10.0 Å². The van der Waals surface area contributed by atoms with Gasteiger partial charge >= 0.3 is 5.97 Å². The molecule has 5 heteroatoms. The molecule has 2 aliphatic heterocycles. The van der Waals surface area contributed by atoms with E-state index in [1.807, 2.05) is 6.92 Å². The van der Waals surface area contributed by atoms with E-state index in [-0.39, 0.29) is 28.1 Å². The van der Waals surface area contributed by atoms with Crippen LogP contribution in [-0.4, -0.2) is 38.4 Å². The first kappa shape index (κ1) is 11.6. The van der Waals surface area contributed by atoms with Crippen molar-refractivity contribution in [2.45, 2.75) is 54.7 Å². The molecule has 3 unspecified atom stereocenters. The predicted molar refractivity (Wildman–Crippen MR) is 63.0 cm³/mol. The van der Waals surface area contributed by atoms with Gasteiger partial charge in [0.2, 0.25) is 0 Å². The van der Waals surface area contributed by atoms with Crippen molar-refractivity contribution >= 4 is 28.6 Å². The van der Waals surface area contributed by atoms with Crippen LogP contribution < -0.4 is 0 Å². The number of hydrogen-bond donors (Lipinski definition) is 1. The number of piperidine rings is 1. The molecule has 0 aromatic rings. The fourth-order valence-corrected chi connectivity index (χ4v) is 2.60. The highest BCUT2D eigenvalue weighted by Gasteiger charge is 2.41. The average molecular weight is 325 g/mol. The number of esters is 1. The topological polar surface area (TPSA) is 49.8 Å². The Bertz CT molecular complexity index is 245. The molecule has 0 amide bonds. The Morgan fingerprint density at radius 3 is 2.47 bits per heavy atom. The largest absolute Gasteiger partial charge is 0.461 e. The molecule has 2 fully saturated rings. The van der Waals surface area contributed by atoms with Crippen LogP contribution in [0.15, 0.2) is 0 Å². The summed E-state index contributed by atoms with van der Waals surface area (Å²) >= 11 is 2.06. The summed E-state index contributed by atoms with van der Waals surface area (Å²) in [5.41, 5.74) is 0. The lowest BCUT2D eigenvalue weighted by Crippen LogP contribution is -2.44. The second-order valence-corrected chi connectivity index (χ2v) is 6.28. The van der Waals surface area contributed by atoms with E-state index in [1.54, 1.807) is 0 Å². The molecule has 2 saturated heterocycles. The van der Waals surface area contributed by atoms with Crippen LogP contribution in [0, 0.1) is 0 Å². The fraction of sp³-hybridized carbons (Fsp3) is 0.900. The summed E-state index contributed by atoms with van der Waals surface area (Å²) in [6.07, 6.45) is 3.62. The van der Waals surface area contributed by atoms with Crippen LogP contribution in [0.4, 0.5) is 0 Å². The average Bonchev–Trinajstić information content (AvgIpc) is 2.41. The summed E-state index contributed by atoms with van der Waals surface area (Å²) in [6, 6.07) is 0.400. The first-order valence-corrected chi connectivity index (χ1v) is 6.64. The maximum absolute atomic E-state index is 11.4. The predicted octanol–water partition coefficient (Wildman–Crippen LogP) is 1.74. The van der Waals surface area contributed by atoms with Crippen molar-refractivity contribution in [1.29, 1.82) is 0 Å². The zero-order valence-corrected chi connectivity index (χ0v) is 10.9. The van der Waals surface area contributed by atoms with E-state index in [2.05, 4.69) is 22.6 Å². The highest BCUT2D eigenvalue weighted by molar-refractivity contribution is 14.1. The Morgan fingerprint density at radius 1 is 1.47 bits per heavy atom. The molecule has 2 aliphatic rings. The summed E-state index contributed by atoms with van der Waals surface area (Å²) in [4.78, 5) is 11.4. The SMILES string of the molecule is CC(I)C(=O)OC1CC2CCC(C1)N2O. The summed E-state index contributed by atoms with van der Waals surface area (Å²) in [7, 11) is 0. The third-order valence-electron chi connectivity index (χ3n) is 3.26. The van der Waals surface area contributed by atoms with Crippen molar-refractivity contribution < 1.29 is 14.7 Å². The Morgan fingerprint density at radius 2 is 2.00 bits per heavy atom. The van der Waals surface area contributed by atoms with Crippen LogP contribution in [0.2, 0.25) is 0 Å². The zero-order chi connectivity index (χ0) is 11.0. The molecule has 2 rings (SSSR count). The van der Waals surface area contributed by atoms with E-state index in [9.17, 15) is 10.0 Å². The molecule has 86 valence electrons. The normalized spacial score (nSPS) is 37.7. The number of alkyl halides is 1. The van der Waals surface area contributed by atoms with E-state index in [4.69, 9.17) is 4.74 Å². The van der Waals surface area contributed by atoms with Gasteiger partial charge in [-0.1, -0.05) is 22.6 Å². The number of fused-ring (bicyclic) bond motifs is 2. The molecule has 0 aliphatic carbocycles. The Hall–Kier alpha value is 0.120. The highest BCUT2D eigenvalue weighted by Crippen LogP contribution is 2.35. The van der Waals surface area contributed by atoms with Crippen molar-refractivity contribution in [1.82, 2.24) is 5.06 Å². The highest BCUT2D eigenvalue weighted by atomic mass is 127. The number of carbonyl (C=O) groups excluding carboxylic acids is 1. The number of ether oxygens (including phenoxy) is 1. The maximum Gasteiger partial charge on any atom is 0.318 e. The number of hydroxylamine groups is 2. The Kier molecular flexibility index (Phi) is 3.52. The molecule has 0 aromatic carbocycles. The molecule has 3 atom stereocenters. The molecule has 0 spiro atoms.